The van der Waals surface area contributed by atoms with Crippen molar-refractivity contribution in [2.45, 2.75) is 25.5 Å². The molecule has 3 unspecified atom stereocenters. The van der Waals surface area contributed by atoms with Gasteiger partial charge in [0.05, 0.1) is 6.61 Å². The summed E-state index contributed by atoms with van der Waals surface area (Å²) < 4.78 is 10.9. The van der Waals surface area contributed by atoms with Gasteiger partial charge in [0.1, 0.15) is 18.5 Å². The molecule has 1 aromatic rings. The molecule has 0 aliphatic carbocycles. The molecule has 1 heterocycles. The highest BCUT2D eigenvalue weighted by Crippen LogP contribution is 2.18. The van der Waals surface area contributed by atoms with Crippen LogP contribution in [0.25, 0.3) is 0 Å². The molecule has 2 N–H and O–H groups in total. The van der Waals surface area contributed by atoms with Crippen LogP contribution >= 0.6 is 11.6 Å². The van der Waals surface area contributed by atoms with Gasteiger partial charge in [-0.1, -0.05) is 17.7 Å². The summed E-state index contributed by atoms with van der Waals surface area (Å²) in [5, 5.41) is 13.9. The quantitative estimate of drug-likeness (QED) is 0.809. The third-order valence-electron chi connectivity index (χ3n) is 3.59. The van der Waals surface area contributed by atoms with Crippen LogP contribution in [0.15, 0.2) is 24.3 Å². The molecule has 0 radical (unpaired) electrons. The van der Waals surface area contributed by atoms with Gasteiger partial charge in [0.15, 0.2) is 0 Å². The van der Waals surface area contributed by atoms with Crippen LogP contribution in [0.3, 0.4) is 0 Å². The maximum Gasteiger partial charge on any atom is 0.120 e. The van der Waals surface area contributed by atoms with Gasteiger partial charge in [0.25, 0.3) is 0 Å². The van der Waals surface area contributed by atoms with E-state index in [2.05, 4.69) is 12.2 Å². The molecule has 0 saturated carbocycles. The maximum atomic E-state index is 9.92. The zero-order chi connectivity index (χ0) is 14.4. The Kier molecular flexibility index (Phi) is 6.10. The van der Waals surface area contributed by atoms with Gasteiger partial charge in [-0.2, -0.15) is 0 Å². The molecule has 2 rings (SSSR count). The summed E-state index contributed by atoms with van der Waals surface area (Å²) in [5.74, 6) is 1.21. The van der Waals surface area contributed by atoms with E-state index in [0.717, 1.165) is 19.6 Å². The van der Waals surface area contributed by atoms with E-state index in [4.69, 9.17) is 21.1 Å². The summed E-state index contributed by atoms with van der Waals surface area (Å²) in [7, 11) is 0. The summed E-state index contributed by atoms with van der Waals surface area (Å²) in [6.45, 7) is 4.55. The molecule has 1 aliphatic rings. The SMILES string of the molecule is CC(NCC(O)COc1cccc(Cl)c1)C1CCOC1. The first-order chi connectivity index (χ1) is 9.65. The van der Waals surface area contributed by atoms with E-state index in [-0.39, 0.29) is 6.61 Å². The average Bonchev–Trinajstić information content (AvgIpc) is 2.97. The number of hydrogen-bond donors (Lipinski definition) is 2. The topological polar surface area (TPSA) is 50.7 Å². The molecule has 0 amide bonds. The lowest BCUT2D eigenvalue weighted by molar-refractivity contribution is 0.100. The average molecular weight is 300 g/mol. The van der Waals surface area contributed by atoms with Crippen LogP contribution in [0.4, 0.5) is 0 Å². The Morgan fingerprint density at radius 2 is 2.40 bits per heavy atom. The van der Waals surface area contributed by atoms with Crippen LogP contribution in [0, 0.1) is 5.92 Å². The minimum atomic E-state index is -0.543. The molecule has 3 atom stereocenters. The summed E-state index contributed by atoms with van der Waals surface area (Å²) in [6, 6.07) is 7.52. The first kappa shape index (κ1) is 15.6. The Morgan fingerprint density at radius 1 is 1.55 bits per heavy atom. The molecular weight excluding hydrogens is 278 g/mol. The van der Waals surface area contributed by atoms with Crippen molar-refractivity contribution in [3.05, 3.63) is 29.3 Å². The number of halogens is 1. The standard InChI is InChI=1S/C15H22ClNO3/c1-11(12-5-6-19-9-12)17-8-14(18)10-20-15-4-2-3-13(16)7-15/h2-4,7,11-12,14,17-18H,5-6,8-10H2,1H3. The van der Waals surface area contributed by atoms with Gasteiger partial charge in [-0.3, -0.25) is 0 Å². The van der Waals surface area contributed by atoms with Crippen molar-refractivity contribution in [2.24, 2.45) is 5.92 Å². The van der Waals surface area contributed by atoms with Crippen LogP contribution in [0.2, 0.25) is 5.02 Å². The Morgan fingerprint density at radius 3 is 3.10 bits per heavy atom. The maximum absolute atomic E-state index is 9.92. The van der Waals surface area contributed by atoms with E-state index < -0.39 is 6.10 Å². The van der Waals surface area contributed by atoms with Gasteiger partial charge in [0, 0.05) is 24.2 Å². The first-order valence-electron chi connectivity index (χ1n) is 7.02. The normalized spacial score (nSPS) is 21.6. The Hall–Kier alpha value is -0.810. The number of ether oxygens (including phenoxy) is 2. The largest absolute Gasteiger partial charge is 0.491 e. The van der Waals surface area contributed by atoms with E-state index in [9.17, 15) is 5.11 Å². The van der Waals surface area contributed by atoms with Crippen molar-refractivity contribution in [2.75, 3.05) is 26.4 Å². The molecule has 1 aliphatic heterocycles. The van der Waals surface area contributed by atoms with Crippen molar-refractivity contribution in [1.82, 2.24) is 5.32 Å². The molecule has 1 aromatic carbocycles. The number of nitrogens with one attached hydrogen (secondary N) is 1. The Balaban J connectivity index is 1.66. The fourth-order valence-corrected chi connectivity index (χ4v) is 2.42. The zero-order valence-electron chi connectivity index (χ0n) is 11.7. The molecule has 0 bridgehead atoms. The lowest BCUT2D eigenvalue weighted by Gasteiger charge is -2.21. The van der Waals surface area contributed by atoms with Crippen molar-refractivity contribution < 1.29 is 14.6 Å². The first-order valence-corrected chi connectivity index (χ1v) is 7.40. The molecule has 5 heteroatoms. The fraction of sp³-hybridized carbons (Fsp3) is 0.600. The summed E-state index contributed by atoms with van der Waals surface area (Å²) >= 11 is 5.87. The van der Waals surface area contributed by atoms with Gasteiger partial charge < -0.3 is 19.9 Å². The predicted molar refractivity (Wildman–Crippen MR) is 79.3 cm³/mol. The van der Waals surface area contributed by atoms with E-state index in [1.165, 1.54) is 0 Å². The minimum absolute atomic E-state index is 0.251. The number of aliphatic hydroxyl groups is 1. The molecule has 112 valence electrons. The highest BCUT2D eigenvalue weighted by Gasteiger charge is 2.22. The van der Waals surface area contributed by atoms with Crippen LogP contribution in [0.5, 0.6) is 5.75 Å². The van der Waals surface area contributed by atoms with Crippen molar-refractivity contribution in [3.63, 3.8) is 0 Å². The van der Waals surface area contributed by atoms with Gasteiger partial charge in [0.2, 0.25) is 0 Å². The highest BCUT2D eigenvalue weighted by molar-refractivity contribution is 6.30. The minimum Gasteiger partial charge on any atom is -0.491 e. The molecule has 20 heavy (non-hydrogen) atoms. The number of benzene rings is 1. The fourth-order valence-electron chi connectivity index (χ4n) is 2.24. The summed E-state index contributed by atoms with van der Waals surface area (Å²) in [6.07, 6.45) is 0.544. The van der Waals surface area contributed by atoms with Crippen molar-refractivity contribution in [1.29, 1.82) is 0 Å². The molecular formula is C15H22ClNO3. The second-order valence-corrected chi connectivity index (χ2v) is 5.68. The van der Waals surface area contributed by atoms with Crippen LogP contribution in [-0.4, -0.2) is 43.6 Å². The molecule has 0 aromatic heterocycles. The lowest BCUT2D eigenvalue weighted by atomic mass is 10.0. The second-order valence-electron chi connectivity index (χ2n) is 5.24. The van der Waals surface area contributed by atoms with E-state index in [0.29, 0.717) is 29.3 Å². The van der Waals surface area contributed by atoms with Crippen LogP contribution < -0.4 is 10.1 Å². The lowest BCUT2D eigenvalue weighted by Crippen LogP contribution is -2.40. The van der Waals surface area contributed by atoms with Crippen LogP contribution in [-0.2, 0) is 4.74 Å². The van der Waals surface area contributed by atoms with Crippen LogP contribution in [0.1, 0.15) is 13.3 Å². The zero-order valence-corrected chi connectivity index (χ0v) is 12.5. The Bertz CT molecular complexity index is 410. The third-order valence-corrected chi connectivity index (χ3v) is 3.82. The Labute approximate surface area is 125 Å². The second kappa shape index (κ2) is 7.84. The predicted octanol–water partition coefficient (Wildman–Crippen LogP) is 2.09. The van der Waals surface area contributed by atoms with Crippen molar-refractivity contribution in [3.8, 4) is 5.75 Å². The van der Waals surface area contributed by atoms with Gasteiger partial charge in [-0.05, 0) is 37.5 Å². The highest BCUT2D eigenvalue weighted by atomic mass is 35.5. The van der Waals surface area contributed by atoms with Crippen molar-refractivity contribution >= 4 is 11.6 Å². The van der Waals surface area contributed by atoms with Gasteiger partial charge in [-0.15, -0.1) is 0 Å². The van der Waals surface area contributed by atoms with Gasteiger partial charge in [-0.25, -0.2) is 0 Å². The van der Waals surface area contributed by atoms with E-state index in [1.54, 1.807) is 12.1 Å². The molecule has 1 fully saturated rings. The third kappa shape index (κ3) is 4.94. The molecule has 4 nitrogen and oxygen atoms in total. The molecule has 0 spiro atoms. The monoisotopic (exact) mass is 299 g/mol. The summed E-state index contributed by atoms with van der Waals surface area (Å²) in [5.41, 5.74) is 0. The summed E-state index contributed by atoms with van der Waals surface area (Å²) in [4.78, 5) is 0. The molecule has 1 saturated heterocycles. The smallest absolute Gasteiger partial charge is 0.120 e. The van der Waals surface area contributed by atoms with E-state index >= 15 is 0 Å². The number of hydrogen-bond acceptors (Lipinski definition) is 4. The van der Waals surface area contributed by atoms with E-state index in [1.807, 2.05) is 12.1 Å². The number of rotatable bonds is 7. The number of aliphatic hydroxyl groups excluding tert-OH is 1. The van der Waals surface area contributed by atoms with Gasteiger partial charge >= 0.3 is 0 Å².